The summed E-state index contributed by atoms with van der Waals surface area (Å²) >= 11 is 0. The third kappa shape index (κ3) is 6.59. The van der Waals surface area contributed by atoms with Crippen molar-refractivity contribution in [2.45, 2.75) is 88.4 Å². The van der Waals surface area contributed by atoms with E-state index in [0.717, 1.165) is 62.3 Å². The second-order valence-corrected chi connectivity index (χ2v) is 17.6. The van der Waals surface area contributed by atoms with E-state index >= 15 is 0 Å². The van der Waals surface area contributed by atoms with Crippen molar-refractivity contribution in [1.82, 2.24) is 20.3 Å². The maximum absolute atomic E-state index is 14.1. The van der Waals surface area contributed by atoms with Crippen molar-refractivity contribution < 1.29 is 19.4 Å². The summed E-state index contributed by atoms with van der Waals surface area (Å²) in [6.07, 6.45) is 6.41. The minimum absolute atomic E-state index is 0.0409. The van der Waals surface area contributed by atoms with E-state index in [1.54, 1.807) is 0 Å². The van der Waals surface area contributed by atoms with Gasteiger partial charge in [-0.3, -0.25) is 14.4 Å². The van der Waals surface area contributed by atoms with Crippen LogP contribution >= 0.6 is 0 Å². The van der Waals surface area contributed by atoms with Crippen molar-refractivity contribution in [2.75, 3.05) is 36.2 Å². The van der Waals surface area contributed by atoms with Crippen LogP contribution in [-0.2, 0) is 28.9 Å². The molecule has 11 heteroatoms. The molecule has 0 saturated carbocycles. The molecule has 0 aliphatic carbocycles. The van der Waals surface area contributed by atoms with Crippen LogP contribution in [0.5, 0.6) is 0 Å². The quantitative estimate of drug-likeness (QED) is 0.274. The van der Waals surface area contributed by atoms with Crippen LogP contribution in [0.1, 0.15) is 43.9 Å². The summed E-state index contributed by atoms with van der Waals surface area (Å²) in [4.78, 5) is 29.7. The monoisotopic (exact) mass is 632 g/mol. The third-order valence-corrected chi connectivity index (χ3v) is 12.7. The molecule has 3 saturated heterocycles. The Morgan fingerprint density at radius 3 is 2.51 bits per heavy atom. The van der Waals surface area contributed by atoms with Gasteiger partial charge in [0.15, 0.2) is 8.32 Å². The van der Waals surface area contributed by atoms with Gasteiger partial charge >= 0.3 is 0 Å². The molecule has 4 heterocycles. The first kappa shape index (κ1) is 31.9. The molecule has 3 N–H and O–H groups in total. The maximum atomic E-state index is 14.1. The van der Waals surface area contributed by atoms with Crippen LogP contribution in [0.25, 0.3) is 0 Å². The predicted molar refractivity (Wildman–Crippen MR) is 178 cm³/mol. The lowest BCUT2D eigenvalue weighted by Crippen LogP contribution is -2.55. The Morgan fingerprint density at radius 1 is 1.02 bits per heavy atom. The first-order chi connectivity index (χ1) is 21.7. The van der Waals surface area contributed by atoms with Crippen molar-refractivity contribution in [2.24, 2.45) is 5.92 Å². The largest absolute Gasteiger partial charge is 0.432 e. The fraction of sp³-hybridized carbons (Fsp3) is 0.559. The lowest BCUT2D eigenvalue weighted by atomic mass is 9.86. The lowest BCUT2D eigenvalue weighted by Gasteiger charge is -2.39. The number of benzene rings is 2. The second-order valence-electron chi connectivity index (χ2n) is 13.6. The number of anilines is 2. The van der Waals surface area contributed by atoms with Crippen LogP contribution < -0.4 is 15.1 Å². The molecule has 1 aromatic heterocycles. The topological polar surface area (TPSA) is 116 Å². The molecule has 1 amide bonds. The number of aliphatic hydroxyl groups is 1. The number of nitrogens with one attached hydrogen (secondary N) is 1. The van der Waals surface area contributed by atoms with Crippen LogP contribution in [-0.4, -0.2) is 83.2 Å². The van der Waals surface area contributed by atoms with Crippen molar-refractivity contribution in [3.63, 3.8) is 0 Å². The Kier molecular flexibility index (Phi) is 9.44. The lowest BCUT2D eigenvalue weighted by molar-refractivity contribution is -0.122. The number of ether oxygens (including phenoxy) is 1. The molecule has 3 aromatic rings. The van der Waals surface area contributed by atoms with Gasteiger partial charge in [0.25, 0.3) is 5.91 Å². The van der Waals surface area contributed by atoms with Crippen LogP contribution in [0.3, 0.4) is 0 Å². The van der Waals surface area contributed by atoms with Gasteiger partial charge in [-0.1, -0.05) is 42.5 Å². The molecule has 4 atom stereocenters. The van der Waals surface area contributed by atoms with E-state index in [1.165, 1.54) is 5.56 Å². The Hall–Kier alpha value is -3.09. The number of nitrogens with zero attached hydrogens (tertiary/aromatic N) is 5. The number of carbonyl (C=O) groups excluding carboxylic acids is 1. The molecule has 0 unspecified atom stereocenters. The number of amides is 1. The zero-order chi connectivity index (χ0) is 31.6. The van der Waals surface area contributed by atoms with Gasteiger partial charge in [0.05, 0.1) is 24.6 Å². The molecule has 6 rings (SSSR count). The molecule has 2 aromatic carbocycles. The first-order valence-electron chi connectivity index (χ1n) is 16.5. The smallest absolute Gasteiger partial charge is 0.254 e. The van der Waals surface area contributed by atoms with E-state index in [9.17, 15) is 14.7 Å². The molecule has 3 aliphatic heterocycles. The summed E-state index contributed by atoms with van der Waals surface area (Å²) in [7, 11) is -2.49. The standard InChI is InChI=1S/C34H48N6O4Si/c1-25-30(44-31(32(25)45(2,3)43)14-20-38-23-27(15-21-41)36-37-38)13-12-26-8-7-11-29(22-26)39-24-40(28-9-5-4-6-10-28)34(33(39)42)16-18-35-19-17-34/h4-11,22-23,25,30-32,35,41,43H,12-21,24H2,1-3H3/t25-,30+,31-,32+/m0/s1. The molecule has 3 fully saturated rings. The van der Waals surface area contributed by atoms with Gasteiger partial charge in [-0.05, 0) is 94.0 Å². The maximum Gasteiger partial charge on any atom is 0.254 e. The first-order valence-corrected chi connectivity index (χ1v) is 19.5. The van der Waals surface area contributed by atoms with E-state index in [-0.39, 0.29) is 36.2 Å². The van der Waals surface area contributed by atoms with Gasteiger partial charge in [0.1, 0.15) is 5.54 Å². The highest BCUT2D eigenvalue weighted by Crippen LogP contribution is 2.46. The van der Waals surface area contributed by atoms with E-state index in [2.05, 4.69) is 63.9 Å². The fourth-order valence-corrected chi connectivity index (χ4v) is 10.6. The Bertz CT molecular complexity index is 1440. The molecule has 242 valence electrons. The zero-order valence-corrected chi connectivity index (χ0v) is 27.8. The third-order valence-electron chi connectivity index (χ3n) is 10.2. The van der Waals surface area contributed by atoms with Crippen LogP contribution in [0, 0.1) is 5.92 Å². The molecule has 0 bridgehead atoms. The number of carbonyl (C=O) groups is 1. The van der Waals surface area contributed by atoms with Gasteiger partial charge in [-0.25, -0.2) is 0 Å². The van der Waals surface area contributed by atoms with E-state index in [1.807, 2.05) is 47.1 Å². The van der Waals surface area contributed by atoms with E-state index in [0.29, 0.717) is 19.6 Å². The Balaban J connectivity index is 1.14. The average Bonchev–Trinajstić information content (AvgIpc) is 3.70. The highest BCUT2D eigenvalue weighted by Gasteiger charge is 2.53. The summed E-state index contributed by atoms with van der Waals surface area (Å²) in [6, 6.07) is 18.8. The minimum Gasteiger partial charge on any atom is -0.432 e. The van der Waals surface area contributed by atoms with Gasteiger partial charge < -0.3 is 24.9 Å². The molecular formula is C34H48N6O4Si. The number of aryl methyl sites for hydroxylation is 2. The van der Waals surface area contributed by atoms with Gasteiger partial charge in [0.2, 0.25) is 0 Å². The Morgan fingerprint density at radius 2 is 1.78 bits per heavy atom. The number of rotatable bonds is 11. The number of piperidine rings is 1. The fourth-order valence-electron chi connectivity index (χ4n) is 7.97. The molecular weight excluding hydrogens is 584 g/mol. The molecule has 45 heavy (non-hydrogen) atoms. The average molecular weight is 633 g/mol. The summed E-state index contributed by atoms with van der Waals surface area (Å²) in [5, 5.41) is 21.0. The molecule has 1 spiro atoms. The number of aromatic nitrogens is 3. The number of para-hydroxylation sites is 1. The summed E-state index contributed by atoms with van der Waals surface area (Å²) in [5.41, 5.74) is 3.61. The minimum atomic E-state index is -2.49. The van der Waals surface area contributed by atoms with E-state index < -0.39 is 13.9 Å². The molecule has 0 radical (unpaired) electrons. The molecule has 10 nitrogen and oxygen atoms in total. The second kappa shape index (κ2) is 13.3. The van der Waals surface area contributed by atoms with Crippen LogP contribution in [0.2, 0.25) is 18.6 Å². The van der Waals surface area contributed by atoms with Crippen molar-refractivity contribution >= 4 is 25.6 Å². The van der Waals surface area contributed by atoms with Gasteiger partial charge in [-0.2, -0.15) is 0 Å². The molecule has 3 aliphatic rings. The van der Waals surface area contributed by atoms with Crippen molar-refractivity contribution in [3.8, 4) is 0 Å². The number of hydrogen-bond donors (Lipinski definition) is 3. The summed E-state index contributed by atoms with van der Waals surface area (Å²) < 4.78 is 8.50. The van der Waals surface area contributed by atoms with Crippen molar-refractivity contribution in [1.29, 1.82) is 0 Å². The van der Waals surface area contributed by atoms with Gasteiger partial charge in [-0.15, -0.1) is 5.10 Å². The highest BCUT2D eigenvalue weighted by atomic mass is 28.4. The number of hydrogen-bond acceptors (Lipinski definition) is 8. The summed E-state index contributed by atoms with van der Waals surface area (Å²) in [6.45, 7) is 9.19. The van der Waals surface area contributed by atoms with Crippen LogP contribution in [0.4, 0.5) is 11.4 Å². The SMILES string of the molecule is C[C@@H]1[C@@H]([Si](C)(C)O)[C@H](CCn2cc(CCO)nn2)O[C@@H]1CCc1cccc(N2CN(c3ccccc3)C3(CCNCC3)C2=O)c1. The highest BCUT2D eigenvalue weighted by molar-refractivity contribution is 6.71. The zero-order valence-electron chi connectivity index (χ0n) is 26.8. The van der Waals surface area contributed by atoms with E-state index in [4.69, 9.17) is 4.74 Å². The van der Waals surface area contributed by atoms with Crippen LogP contribution in [0.15, 0.2) is 60.8 Å². The van der Waals surface area contributed by atoms with Crippen molar-refractivity contribution in [3.05, 3.63) is 72.1 Å². The van der Waals surface area contributed by atoms with Gasteiger partial charge in [0, 0.05) is 42.7 Å². The predicted octanol–water partition coefficient (Wildman–Crippen LogP) is 3.74. The Labute approximate surface area is 267 Å². The number of aliphatic hydroxyl groups excluding tert-OH is 1. The summed E-state index contributed by atoms with van der Waals surface area (Å²) in [5.74, 6) is 0.430. The normalized spacial score (nSPS) is 25.0.